The molecule has 0 atom stereocenters. The van der Waals surface area contributed by atoms with Gasteiger partial charge in [-0.2, -0.15) is 0 Å². The molecule has 1 fully saturated rings. The van der Waals surface area contributed by atoms with Gasteiger partial charge in [-0.15, -0.1) is 0 Å². The van der Waals surface area contributed by atoms with Crippen molar-refractivity contribution in [3.63, 3.8) is 0 Å². The Hall–Kier alpha value is -1.88. The van der Waals surface area contributed by atoms with E-state index in [1.165, 1.54) is 29.7 Å². The summed E-state index contributed by atoms with van der Waals surface area (Å²) in [6.07, 6.45) is 2.51. The molecule has 0 saturated heterocycles. The highest BCUT2D eigenvalue weighted by Gasteiger charge is 2.23. The summed E-state index contributed by atoms with van der Waals surface area (Å²) in [5.41, 5.74) is 7.82. The molecule has 0 aliphatic heterocycles. The number of rotatable bonds is 3. The summed E-state index contributed by atoms with van der Waals surface area (Å²) >= 11 is 1.21. The first-order valence-electron chi connectivity index (χ1n) is 5.75. The molecule has 1 aliphatic carbocycles. The van der Waals surface area contributed by atoms with Crippen molar-refractivity contribution >= 4 is 22.4 Å². The molecule has 1 aromatic carbocycles. The van der Waals surface area contributed by atoms with Gasteiger partial charge in [0, 0.05) is 0 Å². The predicted molar refractivity (Wildman–Crippen MR) is 70.9 cm³/mol. The number of hydrogen-bond acceptors (Lipinski definition) is 4. The Morgan fingerprint density at radius 3 is 2.56 bits per heavy atom. The molecule has 3 N–H and O–H groups in total. The van der Waals surface area contributed by atoms with E-state index in [1.807, 2.05) is 12.1 Å². The lowest BCUT2D eigenvalue weighted by Gasteiger charge is -2.01. The van der Waals surface area contributed by atoms with E-state index in [0.29, 0.717) is 10.8 Å². The normalized spacial score (nSPS) is 14.7. The summed E-state index contributed by atoms with van der Waals surface area (Å²) in [4.78, 5) is 15.6. The Bertz CT molecular complexity index is 600. The highest BCUT2D eigenvalue weighted by Crippen LogP contribution is 2.41. The van der Waals surface area contributed by atoms with E-state index in [9.17, 15) is 4.79 Å². The minimum atomic E-state index is -1.04. The van der Waals surface area contributed by atoms with Gasteiger partial charge in [0.05, 0.1) is 4.88 Å². The zero-order valence-corrected chi connectivity index (χ0v) is 10.4. The van der Waals surface area contributed by atoms with Crippen LogP contribution in [0.25, 0.3) is 10.4 Å². The molecular formula is C13H12N2O2S. The lowest BCUT2D eigenvalue weighted by Crippen LogP contribution is -1.99. The third-order valence-electron chi connectivity index (χ3n) is 3.07. The Morgan fingerprint density at radius 1 is 1.33 bits per heavy atom. The molecule has 92 valence electrons. The van der Waals surface area contributed by atoms with Gasteiger partial charge in [-0.1, -0.05) is 35.6 Å². The quantitative estimate of drug-likeness (QED) is 0.889. The number of aromatic nitrogens is 1. The lowest BCUT2D eigenvalue weighted by molar-refractivity contribution is 0.0692. The average molecular weight is 260 g/mol. The van der Waals surface area contributed by atoms with E-state index >= 15 is 0 Å². The van der Waals surface area contributed by atoms with Gasteiger partial charge in [0.25, 0.3) is 0 Å². The van der Waals surface area contributed by atoms with E-state index in [4.69, 9.17) is 10.8 Å². The average Bonchev–Trinajstić information content (AvgIpc) is 3.12. The maximum absolute atomic E-state index is 11.1. The molecule has 3 rings (SSSR count). The van der Waals surface area contributed by atoms with Crippen molar-refractivity contribution in [1.29, 1.82) is 0 Å². The van der Waals surface area contributed by atoms with Crippen molar-refractivity contribution in [3.05, 3.63) is 35.5 Å². The smallest absolute Gasteiger partial charge is 0.356 e. The van der Waals surface area contributed by atoms with E-state index in [0.717, 1.165) is 5.56 Å². The van der Waals surface area contributed by atoms with Gasteiger partial charge in [0.2, 0.25) is 0 Å². The topological polar surface area (TPSA) is 76.2 Å². The van der Waals surface area contributed by atoms with Crippen molar-refractivity contribution in [2.75, 3.05) is 5.73 Å². The number of carboxylic acids is 1. The molecule has 1 aromatic heterocycles. The molecule has 0 unspecified atom stereocenters. The third-order valence-corrected chi connectivity index (χ3v) is 4.00. The first-order valence-corrected chi connectivity index (χ1v) is 6.56. The SMILES string of the molecule is Nc1nc(C(=O)O)c(-c2ccc(C3CC3)cc2)s1. The molecule has 18 heavy (non-hydrogen) atoms. The number of anilines is 1. The van der Waals surface area contributed by atoms with Gasteiger partial charge in [-0.25, -0.2) is 9.78 Å². The van der Waals surface area contributed by atoms with Crippen LogP contribution in [0.15, 0.2) is 24.3 Å². The summed E-state index contributed by atoms with van der Waals surface area (Å²) in [6.45, 7) is 0. The van der Waals surface area contributed by atoms with Crippen LogP contribution >= 0.6 is 11.3 Å². The van der Waals surface area contributed by atoms with Gasteiger partial charge in [-0.3, -0.25) is 0 Å². The van der Waals surface area contributed by atoms with Crippen LogP contribution in [-0.2, 0) is 0 Å². The Labute approximate surface area is 108 Å². The standard InChI is InChI=1S/C13H12N2O2S/c14-13-15-10(12(16)17)11(18-13)9-5-3-8(4-6-9)7-1-2-7/h3-7H,1-2H2,(H2,14,15)(H,16,17). The number of carboxylic acid groups (broad SMARTS) is 1. The van der Waals surface area contributed by atoms with Crippen LogP contribution < -0.4 is 5.73 Å². The molecule has 0 radical (unpaired) electrons. The molecule has 0 spiro atoms. The van der Waals surface area contributed by atoms with Gasteiger partial charge in [-0.05, 0) is 29.9 Å². The molecular weight excluding hydrogens is 248 g/mol. The first kappa shape index (κ1) is 11.2. The van der Waals surface area contributed by atoms with E-state index < -0.39 is 5.97 Å². The van der Waals surface area contributed by atoms with Crippen LogP contribution in [0.3, 0.4) is 0 Å². The monoisotopic (exact) mass is 260 g/mol. The van der Waals surface area contributed by atoms with Crippen LogP contribution in [0.1, 0.15) is 34.8 Å². The molecule has 4 nitrogen and oxygen atoms in total. The van der Waals surface area contributed by atoms with Gasteiger partial charge >= 0.3 is 5.97 Å². The summed E-state index contributed by atoms with van der Waals surface area (Å²) in [7, 11) is 0. The molecule has 1 saturated carbocycles. The van der Waals surface area contributed by atoms with E-state index in [1.54, 1.807) is 0 Å². The van der Waals surface area contributed by atoms with Crippen molar-refractivity contribution in [3.8, 4) is 10.4 Å². The van der Waals surface area contributed by atoms with Crippen LogP contribution in [0, 0.1) is 0 Å². The first-order chi connectivity index (χ1) is 8.65. The third kappa shape index (κ3) is 1.97. The predicted octanol–water partition coefficient (Wildman–Crippen LogP) is 2.97. The number of nitrogen functional groups attached to an aromatic ring is 1. The second-order valence-electron chi connectivity index (χ2n) is 4.43. The number of hydrogen-bond donors (Lipinski definition) is 2. The van der Waals surface area contributed by atoms with Crippen molar-refractivity contribution in [1.82, 2.24) is 4.98 Å². The highest BCUT2D eigenvalue weighted by atomic mass is 32.1. The molecule has 0 bridgehead atoms. The summed E-state index contributed by atoms with van der Waals surface area (Å²) in [6, 6.07) is 8.03. The Balaban J connectivity index is 2.00. The Morgan fingerprint density at radius 2 is 2.00 bits per heavy atom. The largest absolute Gasteiger partial charge is 0.476 e. The maximum atomic E-state index is 11.1. The van der Waals surface area contributed by atoms with Crippen molar-refractivity contribution in [2.24, 2.45) is 0 Å². The van der Waals surface area contributed by atoms with Crippen molar-refractivity contribution in [2.45, 2.75) is 18.8 Å². The fourth-order valence-corrected chi connectivity index (χ4v) is 2.83. The lowest BCUT2D eigenvalue weighted by atomic mass is 10.1. The minimum Gasteiger partial charge on any atom is -0.476 e. The summed E-state index contributed by atoms with van der Waals surface area (Å²) in [5.74, 6) is -0.339. The van der Waals surface area contributed by atoms with Gasteiger partial charge in [0.15, 0.2) is 10.8 Å². The van der Waals surface area contributed by atoms with E-state index in [-0.39, 0.29) is 10.8 Å². The van der Waals surface area contributed by atoms with Crippen LogP contribution in [-0.4, -0.2) is 16.1 Å². The van der Waals surface area contributed by atoms with Crippen LogP contribution in [0.4, 0.5) is 5.13 Å². The van der Waals surface area contributed by atoms with Crippen LogP contribution in [0.5, 0.6) is 0 Å². The summed E-state index contributed by atoms with van der Waals surface area (Å²) < 4.78 is 0. The van der Waals surface area contributed by atoms with E-state index in [2.05, 4.69) is 17.1 Å². The molecule has 1 heterocycles. The minimum absolute atomic E-state index is 0.0386. The zero-order valence-electron chi connectivity index (χ0n) is 9.59. The maximum Gasteiger partial charge on any atom is 0.356 e. The second kappa shape index (κ2) is 4.10. The van der Waals surface area contributed by atoms with Gasteiger partial charge < -0.3 is 10.8 Å². The summed E-state index contributed by atoms with van der Waals surface area (Å²) in [5, 5.41) is 9.37. The fourth-order valence-electron chi connectivity index (χ4n) is 2.00. The van der Waals surface area contributed by atoms with Crippen LogP contribution in [0.2, 0.25) is 0 Å². The Kier molecular flexibility index (Phi) is 2.56. The zero-order chi connectivity index (χ0) is 12.7. The number of nitrogens with zero attached hydrogens (tertiary/aromatic N) is 1. The number of thiazole rings is 1. The van der Waals surface area contributed by atoms with Gasteiger partial charge in [0.1, 0.15) is 0 Å². The van der Waals surface area contributed by atoms with Crippen molar-refractivity contribution < 1.29 is 9.90 Å². The highest BCUT2D eigenvalue weighted by molar-refractivity contribution is 7.19. The number of carbonyl (C=O) groups is 1. The molecule has 0 amide bonds. The number of nitrogens with two attached hydrogens (primary N) is 1. The molecule has 1 aliphatic rings. The number of aromatic carboxylic acids is 1. The second-order valence-corrected chi connectivity index (χ2v) is 5.46. The fraction of sp³-hybridized carbons (Fsp3) is 0.231. The molecule has 2 aromatic rings. The number of benzene rings is 1. The molecule has 5 heteroatoms.